The SMILES string of the molecule is CC(=O)OC1CCCCCCOC1. The Morgan fingerprint density at radius 1 is 1.31 bits per heavy atom. The fourth-order valence-corrected chi connectivity index (χ4v) is 1.56. The van der Waals surface area contributed by atoms with Crippen LogP contribution in [0.2, 0.25) is 0 Å². The lowest BCUT2D eigenvalue weighted by atomic mass is 10.1. The molecule has 0 aromatic heterocycles. The van der Waals surface area contributed by atoms with E-state index in [4.69, 9.17) is 9.47 Å². The summed E-state index contributed by atoms with van der Waals surface area (Å²) in [6.07, 6.45) is 5.65. The van der Waals surface area contributed by atoms with Crippen molar-refractivity contribution in [1.82, 2.24) is 0 Å². The maximum Gasteiger partial charge on any atom is 0.302 e. The molecule has 1 fully saturated rings. The third-order valence-electron chi connectivity index (χ3n) is 2.20. The summed E-state index contributed by atoms with van der Waals surface area (Å²) < 4.78 is 10.5. The average molecular weight is 186 g/mol. The maximum absolute atomic E-state index is 10.7. The minimum Gasteiger partial charge on any atom is -0.460 e. The van der Waals surface area contributed by atoms with E-state index in [-0.39, 0.29) is 12.1 Å². The summed E-state index contributed by atoms with van der Waals surface area (Å²) in [7, 11) is 0. The van der Waals surface area contributed by atoms with E-state index in [1.54, 1.807) is 0 Å². The highest BCUT2D eigenvalue weighted by molar-refractivity contribution is 5.66. The molecule has 0 aromatic carbocycles. The van der Waals surface area contributed by atoms with Gasteiger partial charge in [-0.15, -0.1) is 0 Å². The van der Waals surface area contributed by atoms with Gasteiger partial charge < -0.3 is 9.47 Å². The quantitative estimate of drug-likeness (QED) is 0.587. The Bertz CT molecular complexity index is 146. The number of carbonyl (C=O) groups is 1. The van der Waals surface area contributed by atoms with Gasteiger partial charge in [-0.3, -0.25) is 4.79 Å². The van der Waals surface area contributed by atoms with Gasteiger partial charge in [-0.1, -0.05) is 12.8 Å². The van der Waals surface area contributed by atoms with Crippen LogP contribution in [0.4, 0.5) is 0 Å². The fourth-order valence-electron chi connectivity index (χ4n) is 1.56. The number of rotatable bonds is 1. The van der Waals surface area contributed by atoms with Gasteiger partial charge in [0.25, 0.3) is 0 Å². The van der Waals surface area contributed by atoms with Crippen molar-refractivity contribution in [1.29, 1.82) is 0 Å². The molecule has 1 saturated heterocycles. The van der Waals surface area contributed by atoms with Crippen LogP contribution in [0.5, 0.6) is 0 Å². The van der Waals surface area contributed by atoms with Gasteiger partial charge in [0.2, 0.25) is 0 Å². The maximum atomic E-state index is 10.7. The largest absolute Gasteiger partial charge is 0.460 e. The predicted octanol–water partition coefficient (Wildman–Crippen LogP) is 1.90. The minimum absolute atomic E-state index is 0.0180. The highest BCUT2D eigenvalue weighted by Gasteiger charge is 2.13. The molecule has 1 unspecified atom stereocenters. The molecule has 1 aliphatic heterocycles. The monoisotopic (exact) mass is 186 g/mol. The Labute approximate surface area is 79.4 Å². The summed E-state index contributed by atoms with van der Waals surface area (Å²) in [6.45, 7) is 2.82. The van der Waals surface area contributed by atoms with Gasteiger partial charge >= 0.3 is 5.97 Å². The van der Waals surface area contributed by atoms with E-state index in [2.05, 4.69) is 0 Å². The van der Waals surface area contributed by atoms with Crippen molar-refractivity contribution >= 4 is 5.97 Å². The van der Waals surface area contributed by atoms with Crippen molar-refractivity contribution in [2.45, 2.75) is 45.1 Å². The third kappa shape index (κ3) is 4.88. The molecule has 1 rings (SSSR count). The molecule has 0 amide bonds. The molecule has 3 heteroatoms. The van der Waals surface area contributed by atoms with Crippen molar-refractivity contribution in [3.8, 4) is 0 Å². The summed E-state index contributed by atoms with van der Waals surface area (Å²) in [6, 6.07) is 0. The molecule has 0 spiro atoms. The summed E-state index contributed by atoms with van der Waals surface area (Å²) in [5.74, 6) is -0.201. The first kappa shape index (κ1) is 10.5. The van der Waals surface area contributed by atoms with Gasteiger partial charge in [-0.25, -0.2) is 0 Å². The topological polar surface area (TPSA) is 35.5 Å². The molecule has 1 aliphatic rings. The molecule has 76 valence electrons. The first-order valence-electron chi connectivity index (χ1n) is 5.04. The summed E-state index contributed by atoms with van der Waals surface area (Å²) in [4.78, 5) is 10.7. The lowest BCUT2D eigenvalue weighted by molar-refractivity contribution is -0.149. The highest BCUT2D eigenvalue weighted by atomic mass is 16.6. The Hall–Kier alpha value is -0.570. The van der Waals surface area contributed by atoms with Crippen LogP contribution < -0.4 is 0 Å². The second-order valence-electron chi connectivity index (χ2n) is 3.51. The van der Waals surface area contributed by atoms with Crippen molar-refractivity contribution in [3.63, 3.8) is 0 Å². The van der Waals surface area contributed by atoms with Gasteiger partial charge in [0.1, 0.15) is 6.10 Å². The van der Waals surface area contributed by atoms with Gasteiger partial charge in [0, 0.05) is 13.5 Å². The van der Waals surface area contributed by atoms with E-state index in [1.165, 1.54) is 19.8 Å². The molecule has 0 N–H and O–H groups in total. The second kappa shape index (κ2) is 5.97. The Morgan fingerprint density at radius 2 is 2.08 bits per heavy atom. The smallest absolute Gasteiger partial charge is 0.302 e. The molecule has 0 aromatic rings. The van der Waals surface area contributed by atoms with Crippen LogP contribution in [0.3, 0.4) is 0 Å². The number of esters is 1. The van der Waals surface area contributed by atoms with Crippen LogP contribution >= 0.6 is 0 Å². The molecule has 3 nitrogen and oxygen atoms in total. The van der Waals surface area contributed by atoms with Crippen LogP contribution in [0.25, 0.3) is 0 Å². The zero-order chi connectivity index (χ0) is 9.52. The van der Waals surface area contributed by atoms with E-state index < -0.39 is 0 Å². The van der Waals surface area contributed by atoms with Crippen molar-refractivity contribution in [2.75, 3.05) is 13.2 Å². The standard InChI is InChI=1S/C10H18O3/c1-9(11)13-10-6-4-2-3-5-7-12-8-10/h10H,2-8H2,1H3. The third-order valence-corrected chi connectivity index (χ3v) is 2.20. The Kier molecular flexibility index (Phi) is 4.83. The zero-order valence-corrected chi connectivity index (χ0v) is 8.25. The number of ether oxygens (including phenoxy) is 2. The molecule has 0 bridgehead atoms. The van der Waals surface area contributed by atoms with E-state index in [9.17, 15) is 4.79 Å². The van der Waals surface area contributed by atoms with Gasteiger partial charge in [0.05, 0.1) is 6.61 Å². The van der Waals surface area contributed by atoms with Gasteiger partial charge in [0.15, 0.2) is 0 Å². The number of hydrogen-bond acceptors (Lipinski definition) is 3. The van der Waals surface area contributed by atoms with Crippen molar-refractivity contribution in [2.24, 2.45) is 0 Å². The molecular weight excluding hydrogens is 168 g/mol. The van der Waals surface area contributed by atoms with Gasteiger partial charge in [-0.2, -0.15) is 0 Å². The fraction of sp³-hybridized carbons (Fsp3) is 0.900. The van der Waals surface area contributed by atoms with Gasteiger partial charge in [-0.05, 0) is 19.3 Å². The van der Waals surface area contributed by atoms with Crippen LogP contribution in [-0.2, 0) is 14.3 Å². The summed E-state index contributed by atoms with van der Waals surface area (Å²) >= 11 is 0. The van der Waals surface area contributed by atoms with Crippen LogP contribution in [0.15, 0.2) is 0 Å². The lowest BCUT2D eigenvalue weighted by Crippen LogP contribution is -2.22. The molecule has 0 radical (unpaired) electrons. The van der Waals surface area contributed by atoms with Crippen LogP contribution in [0, 0.1) is 0 Å². The van der Waals surface area contributed by atoms with E-state index in [1.807, 2.05) is 0 Å². The van der Waals surface area contributed by atoms with E-state index in [0.29, 0.717) is 6.61 Å². The lowest BCUT2D eigenvalue weighted by Gasteiger charge is -2.15. The molecule has 0 aliphatic carbocycles. The van der Waals surface area contributed by atoms with E-state index in [0.717, 1.165) is 25.9 Å². The molecule has 1 heterocycles. The zero-order valence-electron chi connectivity index (χ0n) is 8.25. The van der Waals surface area contributed by atoms with E-state index >= 15 is 0 Å². The molecule has 0 saturated carbocycles. The van der Waals surface area contributed by atoms with Crippen LogP contribution in [0.1, 0.15) is 39.0 Å². The molecule has 13 heavy (non-hydrogen) atoms. The number of hydrogen-bond donors (Lipinski definition) is 0. The predicted molar refractivity (Wildman–Crippen MR) is 49.5 cm³/mol. The highest BCUT2D eigenvalue weighted by Crippen LogP contribution is 2.12. The van der Waals surface area contributed by atoms with Crippen molar-refractivity contribution < 1.29 is 14.3 Å². The first-order valence-corrected chi connectivity index (χ1v) is 5.04. The minimum atomic E-state index is -0.201. The summed E-state index contributed by atoms with van der Waals surface area (Å²) in [5.41, 5.74) is 0. The molecular formula is C10H18O3. The van der Waals surface area contributed by atoms with Crippen LogP contribution in [-0.4, -0.2) is 25.3 Å². The Balaban J connectivity index is 2.27. The second-order valence-corrected chi connectivity index (χ2v) is 3.51. The average Bonchev–Trinajstić information content (AvgIpc) is 2.17. The Morgan fingerprint density at radius 3 is 2.85 bits per heavy atom. The first-order chi connectivity index (χ1) is 6.29. The number of carbonyl (C=O) groups excluding carboxylic acids is 1. The summed E-state index contributed by atoms with van der Waals surface area (Å²) in [5, 5.41) is 0. The normalized spacial score (nSPS) is 25.5. The van der Waals surface area contributed by atoms with Crippen molar-refractivity contribution in [3.05, 3.63) is 0 Å². The molecule has 1 atom stereocenters.